The molecule has 4 heteroatoms. The molecule has 0 aliphatic carbocycles. The van der Waals surface area contributed by atoms with Gasteiger partial charge in [-0.1, -0.05) is 41.5 Å². The van der Waals surface area contributed by atoms with Crippen LogP contribution in [-0.2, 0) is 9.22 Å². The van der Waals surface area contributed by atoms with Crippen LogP contribution in [0, 0.1) is 5.92 Å². The molecule has 108 valence electrons. The number of carboxylic acid groups (broad SMARTS) is 1. The molecule has 0 fully saturated rings. The predicted molar refractivity (Wildman–Crippen MR) is 78.4 cm³/mol. The van der Waals surface area contributed by atoms with Crippen LogP contribution in [0.15, 0.2) is 0 Å². The molecule has 0 heterocycles. The van der Waals surface area contributed by atoms with Crippen molar-refractivity contribution in [2.75, 3.05) is 0 Å². The summed E-state index contributed by atoms with van der Waals surface area (Å²) in [4.78, 5) is 11.1. The van der Waals surface area contributed by atoms with Gasteiger partial charge in [0.15, 0.2) is 0 Å². The van der Waals surface area contributed by atoms with Gasteiger partial charge in [0.25, 0.3) is 0 Å². The van der Waals surface area contributed by atoms with Gasteiger partial charge >= 0.3 is 5.97 Å². The third-order valence-electron chi connectivity index (χ3n) is 4.19. The fourth-order valence-corrected chi connectivity index (χ4v) is 8.70. The molecule has 0 amide bonds. The second kappa shape index (κ2) is 6.71. The van der Waals surface area contributed by atoms with Crippen molar-refractivity contribution in [1.29, 1.82) is 0 Å². The third kappa shape index (κ3) is 3.57. The van der Waals surface area contributed by atoms with Gasteiger partial charge in [-0.2, -0.15) is 0 Å². The summed E-state index contributed by atoms with van der Waals surface area (Å²) in [6.45, 7) is 16.9. The molecular formula is C14H30O3Si. The molecule has 0 bridgehead atoms. The summed E-state index contributed by atoms with van der Waals surface area (Å²) in [5.74, 6) is -1.23. The zero-order valence-electron chi connectivity index (χ0n) is 13.2. The van der Waals surface area contributed by atoms with Gasteiger partial charge in [0, 0.05) is 0 Å². The molecule has 2 atom stereocenters. The monoisotopic (exact) mass is 274 g/mol. The summed E-state index contributed by atoms with van der Waals surface area (Å²) < 4.78 is 6.40. The molecule has 0 aromatic carbocycles. The van der Waals surface area contributed by atoms with Crippen molar-refractivity contribution in [3.05, 3.63) is 0 Å². The first-order valence-corrected chi connectivity index (χ1v) is 9.11. The number of carbonyl (C=O) groups is 1. The van der Waals surface area contributed by atoms with E-state index in [-0.39, 0.29) is 6.10 Å². The van der Waals surface area contributed by atoms with E-state index in [1.807, 2.05) is 6.92 Å². The lowest BCUT2D eigenvalue weighted by atomic mass is 10.1. The Labute approximate surface area is 113 Å². The van der Waals surface area contributed by atoms with Crippen LogP contribution in [0.3, 0.4) is 0 Å². The first-order valence-electron chi connectivity index (χ1n) is 6.97. The Morgan fingerprint density at radius 2 is 1.22 bits per heavy atom. The van der Waals surface area contributed by atoms with E-state index >= 15 is 0 Å². The molecule has 1 N–H and O–H groups in total. The first-order chi connectivity index (χ1) is 8.07. The average Bonchev–Trinajstić information content (AvgIpc) is 2.22. The van der Waals surface area contributed by atoms with E-state index in [1.165, 1.54) is 0 Å². The molecule has 0 radical (unpaired) electrons. The van der Waals surface area contributed by atoms with E-state index < -0.39 is 20.2 Å². The summed E-state index contributed by atoms with van der Waals surface area (Å²) in [5, 5.41) is 9.10. The van der Waals surface area contributed by atoms with Crippen LogP contribution in [0.4, 0.5) is 0 Å². The molecular weight excluding hydrogens is 244 g/mol. The minimum Gasteiger partial charge on any atom is -0.481 e. The Morgan fingerprint density at radius 3 is 1.44 bits per heavy atom. The number of rotatable bonds is 7. The van der Waals surface area contributed by atoms with Crippen LogP contribution in [0.1, 0.15) is 55.4 Å². The van der Waals surface area contributed by atoms with Crippen molar-refractivity contribution >= 4 is 14.3 Å². The largest absolute Gasteiger partial charge is 0.481 e. The third-order valence-corrected chi connectivity index (χ3v) is 10.4. The molecule has 3 nitrogen and oxygen atoms in total. The summed E-state index contributed by atoms with van der Waals surface area (Å²) in [5.41, 5.74) is 1.46. The minimum absolute atomic E-state index is 0.221. The zero-order valence-corrected chi connectivity index (χ0v) is 14.2. The summed E-state index contributed by atoms with van der Waals surface area (Å²) >= 11 is 0. The second-order valence-corrected chi connectivity index (χ2v) is 11.7. The molecule has 0 aliphatic heterocycles. The van der Waals surface area contributed by atoms with Crippen LogP contribution in [-0.4, -0.2) is 25.5 Å². The highest BCUT2D eigenvalue weighted by Crippen LogP contribution is 2.43. The van der Waals surface area contributed by atoms with Crippen molar-refractivity contribution in [1.82, 2.24) is 0 Å². The lowest BCUT2D eigenvalue weighted by Gasteiger charge is -2.44. The molecule has 0 saturated heterocycles. The van der Waals surface area contributed by atoms with Crippen LogP contribution in [0.5, 0.6) is 0 Å². The Kier molecular flexibility index (Phi) is 6.58. The van der Waals surface area contributed by atoms with Crippen molar-refractivity contribution in [3.63, 3.8) is 0 Å². The summed E-state index contributed by atoms with van der Waals surface area (Å²) in [6.07, 6.45) is -0.221. The van der Waals surface area contributed by atoms with Gasteiger partial charge < -0.3 is 9.53 Å². The maximum atomic E-state index is 11.1. The molecule has 0 rings (SSSR count). The zero-order chi connectivity index (χ0) is 14.7. The quantitative estimate of drug-likeness (QED) is 0.705. The lowest BCUT2D eigenvalue weighted by molar-refractivity contribution is -0.144. The van der Waals surface area contributed by atoms with Gasteiger partial charge in [-0.05, 0) is 30.5 Å². The number of hydrogen-bond donors (Lipinski definition) is 1. The van der Waals surface area contributed by atoms with Crippen molar-refractivity contribution < 1.29 is 14.3 Å². The van der Waals surface area contributed by atoms with E-state index in [1.54, 1.807) is 6.92 Å². The minimum atomic E-state index is -1.96. The molecule has 0 saturated carbocycles. The Hall–Kier alpha value is -0.353. The van der Waals surface area contributed by atoms with Crippen LogP contribution < -0.4 is 0 Å². The molecule has 0 aliphatic rings. The molecule has 0 aromatic heterocycles. The topological polar surface area (TPSA) is 46.5 Å². The maximum absolute atomic E-state index is 11.1. The lowest BCUT2D eigenvalue weighted by Crippen LogP contribution is -2.51. The standard InChI is InChI=1S/C14H30O3Si/c1-9(2)18(10(3)4,11(5)6)17-13(8)12(7)14(15)16/h9-13H,1-8H3,(H,15,16). The Balaban J connectivity index is 5.18. The number of hydrogen-bond acceptors (Lipinski definition) is 2. The maximum Gasteiger partial charge on any atom is 0.308 e. The van der Waals surface area contributed by atoms with E-state index in [9.17, 15) is 4.79 Å². The Bertz CT molecular complexity index is 252. The molecule has 0 spiro atoms. The fourth-order valence-electron chi connectivity index (χ4n) is 3.03. The van der Waals surface area contributed by atoms with Crippen LogP contribution >= 0.6 is 0 Å². The average molecular weight is 274 g/mol. The second-order valence-electron chi connectivity index (χ2n) is 6.27. The molecule has 2 unspecified atom stereocenters. The van der Waals surface area contributed by atoms with Crippen LogP contribution in [0.25, 0.3) is 0 Å². The predicted octanol–water partition coefficient (Wildman–Crippen LogP) is 4.29. The van der Waals surface area contributed by atoms with Gasteiger partial charge in [0.05, 0.1) is 12.0 Å². The number of aliphatic carboxylic acids is 1. The normalized spacial score (nSPS) is 16.4. The van der Waals surface area contributed by atoms with Gasteiger partial charge in [0.2, 0.25) is 8.32 Å². The first kappa shape index (κ1) is 17.6. The highest BCUT2D eigenvalue weighted by atomic mass is 28.4. The van der Waals surface area contributed by atoms with Gasteiger partial charge in [-0.15, -0.1) is 0 Å². The highest BCUT2D eigenvalue weighted by molar-refractivity contribution is 6.77. The van der Waals surface area contributed by atoms with E-state index in [0.29, 0.717) is 16.6 Å². The van der Waals surface area contributed by atoms with E-state index in [4.69, 9.17) is 9.53 Å². The summed E-state index contributed by atoms with van der Waals surface area (Å²) in [7, 11) is -1.96. The summed E-state index contributed by atoms with van der Waals surface area (Å²) in [6, 6.07) is 0. The van der Waals surface area contributed by atoms with Gasteiger partial charge in [0.1, 0.15) is 0 Å². The van der Waals surface area contributed by atoms with Crippen molar-refractivity contribution in [2.45, 2.75) is 78.1 Å². The van der Waals surface area contributed by atoms with Gasteiger partial charge in [-0.25, -0.2) is 0 Å². The van der Waals surface area contributed by atoms with Gasteiger partial charge in [-0.3, -0.25) is 4.79 Å². The van der Waals surface area contributed by atoms with Crippen LogP contribution in [0.2, 0.25) is 16.6 Å². The molecule has 18 heavy (non-hydrogen) atoms. The molecule has 0 aromatic rings. The van der Waals surface area contributed by atoms with E-state index in [0.717, 1.165) is 0 Å². The fraction of sp³-hybridized carbons (Fsp3) is 0.929. The highest BCUT2D eigenvalue weighted by Gasteiger charge is 2.46. The Morgan fingerprint density at radius 1 is 0.889 bits per heavy atom. The van der Waals surface area contributed by atoms with Crippen molar-refractivity contribution in [3.8, 4) is 0 Å². The number of carboxylic acids is 1. The van der Waals surface area contributed by atoms with E-state index in [2.05, 4.69) is 41.5 Å². The smallest absolute Gasteiger partial charge is 0.308 e. The SMILES string of the molecule is CC(O[Si](C(C)C)(C(C)C)C(C)C)C(C)C(=O)O. The van der Waals surface area contributed by atoms with Crippen molar-refractivity contribution in [2.24, 2.45) is 5.92 Å².